The Labute approximate surface area is 306 Å². The van der Waals surface area contributed by atoms with Crippen molar-refractivity contribution >= 4 is 34.0 Å². The average Bonchev–Trinajstić information content (AvgIpc) is 3.15. The van der Waals surface area contributed by atoms with Crippen molar-refractivity contribution in [1.82, 2.24) is 4.90 Å². The second-order valence-corrected chi connectivity index (χ2v) is 14.5. The van der Waals surface area contributed by atoms with Crippen molar-refractivity contribution in [1.29, 1.82) is 0 Å². The number of hydrogen-bond donors (Lipinski definition) is 0. The maximum atomic E-state index is 5.15. The average molecular weight is 669 g/mol. The minimum absolute atomic E-state index is 0.0617. The van der Waals surface area contributed by atoms with Crippen LogP contribution in [0.5, 0.6) is 0 Å². The molecule has 0 radical (unpaired) electrons. The summed E-state index contributed by atoms with van der Waals surface area (Å²) in [5.41, 5.74) is 16.4. The minimum atomic E-state index is 0.0617. The van der Waals surface area contributed by atoms with E-state index < -0.39 is 0 Å². The van der Waals surface area contributed by atoms with E-state index in [1.165, 1.54) is 116 Å². The first-order chi connectivity index (χ1) is 24.9. The smallest absolute Gasteiger partial charge is 0.0771 e. The lowest BCUT2D eigenvalue weighted by Gasteiger charge is -2.40. The highest BCUT2D eigenvalue weighted by Gasteiger charge is 2.32. The number of likely N-dealkylation sites (N-methyl/N-ethyl adjacent to an activating group) is 1. The molecule has 2 aliphatic rings. The lowest BCUT2D eigenvalue weighted by Crippen LogP contribution is -2.38. The second-order valence-electron chi connectivity index (χ2n) is 14.5. The molecule has 2 nitrogen and oxygen atoms in total. The standard InChI is InChI=1S/C49H52N2/c1-6-8-9-10-11-12-19-37-20-16-23-39(28-37)41-25-24-34(3)43(30-41)47-31-44(42-27-26-38-21-13-14-22-40(38)29-42)45-33-50-46(32-48(45)51(47)7-2)49-35(4)17-15-18-36(49)5/h13-18,20-33,48H,6-12,19H2,1-5H3. The van der Waals surface area contributed by atoms with Crippen molar-refractivity contribution < 1.29 is 0 Å². The first-order valence-corrected chi connectivity index (χ1v) is 19.2. The van der Waals surface area contributed by atoms with Gasteiger partial charge in [-0.05, 0) is 120 Å². The topological polar surface area (TPSA) is 15.6 Å². The number of aliphatic imine (C=N–C) groups is 1. The van der Waals surface area contributed by atoms with Gasteiger partial charge in [-0.3, -0.25) is 4.99 Å². The third kappa shape index (κ3) is 7.29. The molecule has 1 atom stereocenters. The van der Waals surface area contributed by atoms with Gasteiger partial charge in [-0.25, -0.2) is 0 Å². The summed E-state index contributed by atoms with van der Waals surface area (Å²) in [4.78, 5) is 7.73. The Balaban J connectivity index is 1.31. The molecule has 0 aromatic heterocycles. The van der Waals surface area contributed by atoms with Crippen LogP contribution in [-0.2, 0) is 6.42 Å². The first-order valence-electron chi connectivity index (χ1n) is 19.2. The Bertz CT molecular complexity index is 2150. The van der Waals surface area contributed by atoms with Gasteiger partial charge in [0, 0.05) is 35.2 Å². The highest BCUT2D eigenvalue weighted by Crippen LogP contribution is 2.42. The van der Waals surface area contributed by atoms with Gasteiger partial charge in [0.15, 0.2) is 0 Å². The van der Waals surface area contributed by atoms with Gasteiger partial charge in [-0.15, -0.1) is 0 Å². The molecule has 0 bridgehead atoms. The van der Waals surface area contributed by atoms with Crippen LogP contribution in [0.2, 0.25) is 0 Å². The van der Waals surface area contributed by atoms with Gasteiger partial charge in [-0.1, -0.05) is 130 Å². The number of benzene rings is 5. The summed E-state index contributed by atoms with van der Waals surface area (Å²) in [7, 11) is 0. The molecule has 0 aliphatic carbocycles. The Hall–Kier alpha value is -4.95. The molecular formula is C49H52N2. The molecule has 0 saturated carbocycles. The number of rotatable bonds is 12. The molecule has 5 aromatic rings. The number of aryl methyl sites for hydroxylation is 4. The highest BCUT2D eigenvalue weighted by atomic mass is 15.2. The van der Waals surface area contributed by atoms with E-state index in [9.17, 15) is 0 Å². The fraction of sp³-hybridized carbons (Fsp3) is 0.286. The Morgan fingerprint density at radius 2 is 1.35 bits per heavy atom. The molecule has 0 N–H and O–H groups in total. The molecule has 2 heterocycles. The van der Waals surface area contributed by atoms with Crippen LogP contribution in [0.25, 0.3) is 38.9 Å². The van der Waals surface area contributed by atoms with Crippen molar-refractivity contribution in [3.8, 4) is 11.1 Å². The zero-order chi connectivity index (χ0) is 35.3. The third-order valence-corrected chi connectivity index (χ3v) is 10.9. The van der Waals surface area contributed by atoms with Crippen LogP contribution in [0.4, 0.5) is 0 Å². The van der Waals surface area contributed by atoms with E-state index in [-0.39, 0.29) is 6.04 Å². The van der Waals surface area contributed by atoms with Crippen LogP contribution in [0.15, 0.2) is 126 Å². The molecule has 51 heavy (non-hydrogen) atoms. The number of nitrogens with zero attached hydrogens (tertiary/aromatic N) is 2. The number of hydrogen-bond acceptors (Lipinski definition) is 2. The van der Waals surface area contributed by atoms with Crippen LogP contribution in [0.3, 0.4) is 0 Å². The summed E-state index contributed by atoms with van der Waals surface area (Å²) in [6.45, 7) is 12.1. The molecule has 1 unspecified atom stereocenters. The Morgan fingerprint density at radius 1 is 0.627 bits per heavy atom. The first kappa shape index (κ1) is 34.5. The van der Waals surface area contributed by atoms with Gasteiger partial charge >= 0.3 is 0 Å². The van der Waals surface area contributed by atoms with Crippen LogP contribution in [0, 0.1) is 20.8 Å². The molecule has 0 fully saturated rings. The molecule has 0 spiro atoms. The normalized spacial score (nSPS) is 15.6. The van der Waals surface area contributed by atoms with Crippen molar-refractivity contribution in [3.05, 3.63) is 160 Å². The summed E-state index contributed by atoms with van der Waals surface area (Å²) >= 11 is 0. The second kappa shape index (κ2) is 15.5. The maximum absolute atomic E-state index is 5.15. The van der Waals surface area contributed by atoms with E-state index in [1.807, 2.05) is 0 Å². The molecule has 258 valence electrons. The maximum Gasteiger partial charge on any atom is 0.0771 e. The van der Waals surface area contributed by atoms with Crippen molar-refractivity contribution in [2.75, 3.05) is 6.54 Å². The lowest BCUT2D eigenvalue weighted by molar-refractivity contribution is 0.392. The van der Waals surface area contributed by atoms with Crippen molar-refractivity contribution in [2.45, 2.75) is 85.6 Å². The largest absolute Gasteiger partial charge is 0.361 e. The van der Waals surface area contributed by atoms with E-state index >= 15 is 0 Å². The molecule has 0 amide bonds. The third-order valence-electron chi connectivity index (χ3n) is 10.9. The molecule has 2 heteroatoms. The molecule has 7 rings (SSSR count). The van der Waals surface area contributed by atoms with Crippen molar-refractivity contribution in [3.63, 3.8) is 0 Å². The van der Waals surface area contributed by atoms with Gasteiger partial charge in [0.1, 0.15) is 0 Å². The summed E-state index contributed by atoms with van der Waals surface area (Å²) in [6, 6.07) is 38.5. The molecule has 2 aliphatic heterocycles. The van der Waals surface area contributed by atoms with Crippen LogP contribution in [0.1, 0.15) is 91.3 Å². The zero-order valence-corrected chi connectivity index (χ0v) is 31.2. The van der Waals surface area contributed by atoms with E-state index in [0.29, 0.717) is 0 Å². The van der Waals surface area contributed by atoms with Gasteiger partial charge in [0.2, 0.25) is 0 Å². The van der Waals surface area contributed by atoms with Gasteiger partial charge in [0.25, 0.3) is 0 Å². The highest BCUT2D eigenvalue weighted by molar-refractivity contribution is 6.05. The van der Waals surface area contributed by atoms with Gasteiger partial charge < -0.3 is 4.90 Å². The van der Waals surface area contributed by atoms with Crippen molar-refractivity contribution in [2.24, 2.45) is 4.99 Å². The van der Waals surface area contributed by atoms with Gasteiger partial charge in [-0.2, -0.15) is 0 Å². The van der Waals surface area contributed by atoms with Gasteiger partial charge in [0.05, 0.1) is 11.7 Å². The summed E-state index contributed by atoms with van der Waals surface area (Å²) in [6.07, 6.45) is 16.1. The molecular weight excluding hydrogens is 617 g/mol. The quantitative estimate of drug-likeness (QED) is 0.121. The monoisotopic (exact) mass is 668 g/mol. The summed E-state index contributed by atoms with van der Waals surface area (Å²) < 4.78 is 0. The van der Waals surface area contributed by atoms with Crippen LogP contribution < -0.4 is 0 Å². The van der Waals surface area contributed by atoms with E-state index in [2.05, 4.69) is 161 Å². The van der Waals surface area contributed by atoms with E-state index in [0.717, 1.165) is 18.7 Å². The molecule has 5 aromatic carbocycles. The lowest BCUT2D eigenvalue weighted by atomic mass is 9.84. The number of fused-ring (bicyclic) bond motifs is 2. The fourth-order valence-electron chi connectivity index (χ4n) is 8.10. The number of allylic oxidation sites excluding steroid dienone is 2. The Morgan fingerprint density at radius 3 is 2.16 bits per heavy atom. The predicted octanol–water partition coefficient (Wildman–Crippen LogP) is 13.0. The molecule has 0 saturated heterocycles. The van der Waals surface area contributed by atoms with Crippen LogP contribution in [-0.4, -0.2) is 23.7 Å². The summed E-state index contributed by atoms with van der Waals surface area (Å²) in [5.74, 6) is 0. The SMILES string of the molecule is CCCCCCCCc1cccc(-c2ccc(C)c(C3=CC(c4ccc5ccccc5c4)=C4C=NC(c5c(C)cccc5C)=CC4N3CC)c2)c1. The zero-order valence-electron chi connectivity index (χ0n) is 31.2. The van der Waals surface area contributed by atoms with E-state index in [4.69, 9.17) is 4.99 Å². The minimum Gasteiger partial charge on any atom is -0.361 e. The van der Waals surface area contributed by atoms with Crippen LogP contribution >= 0.6 is 0 Å². The predicted molar refractivity (Wildman–Crippen MR) is 221 cm³/mol. The van der Waals surface area contributed by atoms with E-state index in [1.54, 1.807) is 0 Å². The Kier molecular flexibility index (Phi) is 10.5. The summed E-state index contributed by atoms with van der Waals surface area (Å²) in [5, 5.41) is 2.52. The number of unbranched alkanes of at least 4 members (excludes halogenated alkanes) is 5. The fourth-order valence-corrected chi connectivity index (χ4v) is 8.10.